The molecular weight excluding hydrogens is 282 g/mol. The van der Waals surface area contributed by atoms with Gasteiger partial charge >= 0.3 is 0 Å². The van der Waals surface area contributed by atoms with Crippen LogP contribution in [0.25, 0.3) is 0 Å². The van der Waals surface area contributed by atoms with Gasteiger partial charge in [-0.25, -0.2) is 4.98 Å². The number of rotatable bonds is 2. The molecule has 1 N–H and O–H groups in total. The lowest BCUT2D eigenvalue weighted by Crippen LogP contribution is -2.38. The number of hydrogen-bond acceptors (Lipinski definition) is 4. The fourth-order valence-electron chi connectivity index (χ4n) is 2.55. The van der Waals surface area contributed by atoms with Crippen LogP contribution < -0.4 is 5.43 Å². The van der Waals surface area contributed by atoms with Gasteiger partial charge in [-0.15, -0.1) is 0 Å². The Morgan fingerprint density at radius 2 is 2.23 bits per heavy atom. The normalized spacial score (nSPS) is 14.3. The van der Waals surface area contributed by atoms with Crippen LogP contribution in [0.3, 0.4) is 0 Å². The second kappa shape index (κ2) is 5.44. The minimum atomic E-state index is -0.263. The predicted molar refractivity (Wildman–Crippen MR) is 80.8 cm³/mol. The maximum Gasteiger partial charge on any atom is 0.259 e. The van der Waals surface area contributed by atoms with Crippen LogP contribution in [0.5, 0.6) is 0 Å². The van der Waals surface area contributed by atoms with E-state index in [-0.39, 0.29) is 22.8 Å². The lowest BCUT2D eigenvalue weighted by molar-refractivity contribution is 0.0726. The second-order valence-corrected chi connectivity index (χ2v) is 5.95. The molecule has 2 aromatic rings. The predicted octanol–water partition coefficient (Wildman–Crippen LogP) is 1.99. The number of carbonyl (C=O) groups excluding carboxylic acids is 1. The van der Waals surface area contributed by atoms with E-state index in [0.29, 0.717) is 25.4 Å². The van der Waals surface area contributed by atoms with E-state index in [4.69, 9.17) is 4.42 Å². The molecule has 1 aliphatic rings. The molecule has 6 nitrogen and oxygen atoms in total. The summed E-state index contributed by atoms with van der Waals surface area (Å²) in [4.78, 5) is 33.5. The number of H-pyrrole nitrogens is 1. The number of nitrogens with zero attached hydrogens (tertiary/aromatic N) is 2. The number of amides is 1. The Hall–Kier alpha value is -2.37. The minimum absolute atomic E-state index is 0.168. The van der Waals surface area contributed by atoms with Gasteiger partial charge in [-0.3, -0.25) is 9.59 Å². The Morgan fingerprint density at radius 1 is 1.45 bits per heavy atom. The van der Waals surface area contributed by atoms with E-state index in [1.165, 1.54) is 12.3 Å². The number of aromatic nitrogens is 2. The molecule has 0 saturated heterocycles. The number of aromatic amines is 1. The second-order valence-electron chi connectivity index (χ2n) is 5.95. The molecule has 0 fully saturated rings. The van der Waals surface area contributed by atoms with Crippen molar-refractivity contribution in [1.29, 1.82) is 0 Å². The zero-order valence-electron chi connectivity index (χ0n) is 13.0. The first-order valence-electron chi connectivity index (χ1n) is 7.42. The van der Waals surface area contributed by atoms with E-state index in [9.17, 15) is 9.59 Å². The first-order valence-corrected chi connectivity index (χ1v) is 7.42. The number of oxazole rings is 1. The lowest BCUT2D eigenvalue weighted by atomic mass is 10.1. The van der Waals surface area contributed by atoms with Crippen molar-refractivity contribution in [3.63, 3.8) is 0 Å². The van der Waals surface area contributed by atoms with Gasteiger partial charge in [-0.05, 0) is 6.92 Å². The molecule has 3 rings (SSSR count). The van der Waals surface area contributed by atoms with Crippen molar-refractivity contribution in [2.24, 2.45) is 0 Å². The summed E-state index contributed by atoms with van der Waals surface area (Å²) in [6, 6.07) is 1.44. The zero-order chi connectivity index (χ0) is 15.9. The third-order valence-corrected chi connectivity index (χ3v) is 3.81. The summed E-state index contributed by atoms with van der Waals surface area (Å²) in [5, 5.41) is 0. The van der Waals surface area contributed by atoms with Crippen LogP contribution >= 0.6 is 0 Å². The Bertz CT molecular complexity index is 773. The molecule has 0 bridgehead atoms. The molecule has 22 heavy (non-hydrogen) atoms. The number of aryl methyl sites for hydroxylation is 1. The summed E-state index contributed by atoms with van der Waals surface area (Å²) >= 11 is 0. The highest BCUT2D eigenvalue weighted by Crippen LogP contribution is 2.24. The zero-order valence-corrected chi connectivity index (χ0v) is 13.0. The first-order chi connectivity index (χ1) is 10.5. The van der Waals surface area contributed by atoms with Crippen LogP contribution in [-0.2, 0) is 13.0 Å². The maximum atomic E-state index is 12.5. The van der Waals surface area contributed by atoms with Gasteiger partial charge in [0.15, 0.2) is 11.3 Å². The van der Waals surface area contributed by atoms with Crippen molar-refractivity contribution in [1.82, 2.24) is 14.9 Å². The highest BCUT2D eigenvalue weighted by molar-refractivity contribution is 5.93. The van der Waals surface area contributed by atoms with Gasteiger partial charge < -0.3 is 14.3 Å². The SMILES string of the molecule is Cc1cc(=O)c(C(=O)N2CCc3oc(C(C)C)nc3C2)c[nH]1. The van der Waals surface area contributed by atoms with Crippen LogP contribution in [0.15, 0.2) is 21.5 Å². The smallest absolute Gasteiger partial charge is 0.259 e. The molecule has 0 aromatic carbocycles. The van der Waals surface area contributed by atoms with Gasteiger partial charge in [0.05, 0.1) is 6.54 Å². The summed E-state index contributed by atoms with van der Waals surface area (Å²) in [6.07, 6.45) is 2.11. The van der Waals surface area contributed by atoms with Gasteiger partial charge in [0, 0.05) is 36.8 Å². The standard InChI is InChI=1S/C16H19N3O3/c1-9(2)15-18-12-8-19(5-4-14(12)22-15)16(21)11-7-17-10(3)6-13(11)20/h6-7,9H,4-5,8H2,1-3H3,(H,17,20). The van der Waals surface area contributed by atoms with Gasteiger partial charge in [0.1, 0.15) is 17.0 Å². The number of nitrogens with one attached hydrogen (secondary N) is 1. The fraction of sp³-hybridized carbons (Fsp3) is 0.438. The molecule has 0 spiro atoms. The lowest BCUT2D eigenvalue weighted by Gasteiger charge is -2.25. The Balaban J connectivity index is 1.84. The van der Waals surface area contributed by atoms with Crippen molar-refractivity contribution < 1.29 is 9.21 Å². The molecule has 0 aliphatic carbocycles. The molecule has 0 radical (unpaired) electrons. The minimum Gasteiger partial charge on any atom is -0.445 e. The third kappa shape index (κ3) is 2.56. The van der Waals surface area contributed by atoms with Crippen molar-refractivity contribution in [3.05, 3.63) is 51.1 Å². The quantitative estimate of drug-likeness (QED) is 0.920. The van der Waals surface area contributed by atoms with Crippen LogP contribution in [0.4, 0.5) is 0 Å². The van der Waals surface area contributed by atoms with Crippen LogP contribution in [-0.4, -0.2) is 27.3 Å². The van der Waals surface area contributed by atoms with Crippen molar-refractivity contribution in [3.8, 4) is 0 Å². The summed E-state index contributed by atoms with van der Waals surface area (Å²) in [7, 11) is 0. The van der Waals surface area contributed by atoms with Gasteiger partial charge in [0.25, 0.3) is 5.91 Å². The number of pyridine rings is 1. The molecule has 1 amide bonds. The Kier molecular flexibility index (Phi) is 3.60. The monoisotopic (exact) mass is 301 g/mol. The third-order valence-electron chi connectivity index (χ3n) is 3.81. The highest BCUT2D eigenvalue weighted by atomic mass is 16.4. The molecule has 3 heterocycles. The summed E-state index contributed by atoms with van der Waals surface area (Å²) in [5.74, 6) is 1.51. The Morgan fingerprint density at radius 3 is 2.91 bits per heavy atom. The largest absolute Gasteiger partial charge is 0.445 e. The number of carbonyl (C=O) groups is 1. The highest BCUT2D eigenvalue weighted by Gasteiger charge is 2.27. The molecular formula is C16H19N3O3. The van der Waals surface area contributed by atoms with E-state index in [2.05, 4.69) is 9.97 Å². The summed E-state index contributed by atoms with van der Waals surface area (Å²) in [5.41, 5.74) is 1.45. The molecule has 0 atom stereocenters. The van der Waals surface area contributed by atoms with Gasteiger partial charge in [0.2, 0.25) is 0 Å². The van der Waals surface area contributed by atoms with Crippen LogP contribution in [0, 0.1) is 6.92 Å². The molecule has 2 aromatic heterocycles. The van der Waals surface area contributed by atoms with Crippen molar-refractivity contribution >= 4 is 5.91 Å². The maximum absolute atomic E-state index is 12.5. The average Bonchev–Trinajstić information content (AvgIpc) is 2.89. The number of hydrogen-bond donors (Lipinski definition) is 1. The van der Waals surface area contributed by atoms with E-state index in [0.717, 1.165) is 17.1 Å². The van der Waals surface area contributed by atoms with Crippen LogP contribution in [0.1, 0.15) is 53.2 Å². The topological polar surface area (TPSA) is 79.2 Å². The Labute approximate surface area is 128 Å². The molecule has 116 valence electrons. The molecule has 0 unspecified atom stereocenters. The first kappa shape index (κ1) is 14.6. The van der Waals surface area contributed by atoms with E-state index >= 15 is 0 Å². The van der Waals surface area contributed by atoms with Crippen LogP contribution in [0.2, 0.25) is 0 Å². The summed E-state index contributed by atoms with van der Waals surface area (Å²) < 4.78 is 5.72. The molecule has 1 aliphatic heterocycles. The molecule has 6 heteroatoms. The fourth-order valence-corrected chi connectivity index (χ4v) is 2.55. The van der Waals surface area contributed by atoms with E-state index in [1.807, 2.05) is 13.8 Å². The van der Waals surface area contributed by atoms with Crippen molar-refractivity contribution in [2.45, 2.75) is 39.7 Å². The van der Waals surface area contributed by atoms with Gasteiger partial charge in [-0.2, -0.15) is 0 Å². The van der Waals surface area contributed by atoms with Crippen molar-refractivity contribution in [2.75, 3.05) is 6.54 Å². The average molecular weight is 301 g/mol. The number of fused-ring (bicyclic) bond motifs is 1. The summed E-state index contributed by atoms with van der Waals surface area (Å²) in [6.45, 7) is 6.74. The van der Waals surface area contributed by atoms with E-state index < -0.39 is 0 Å². The molecule has 0 saturated carbocycles. The van der Waals surface area contributed by atoms with E-state index in [1.54, 1.807) is 11.8 Å². The van der Waals surface area contributed by atoms with Gasteiger partial charge in [-0.1, -0.05) is 13.8 Å².